The fourth-order valence-corrected chi connectivity index (χ4v) is 2.16. The summed E-state index contributed by atoms with van der Waals surface area (Å²) in [7, 11) is 2.07. The summed E-state index contributed by atoms with van der Waals surface area (Å²) in [6, 6.07) is 5.34. The van der Waals surface area contributed by atoms with Crippen LogP contribution in [0.5, 0.6) is 5.75 Å². The predicted octanol–water partition coefficient (Wildman–Crippen LogP) is 4.08. The fourth-order valence-electron chi connectivity index (χ4n) is 1.98. The van der Waals surface area contributed by atoms with E-state index in [1.165, 1.54) is 0 Å². The molecule has 17 heavy (non-hydrogen) atoms. The number of aromatic hydroxyl groups is 1. The number of halogens is 1. The normalized spacial score (nSPS) is 14.1. The number of benzene rings is 1. The highest BCUT2D eigenvalue weighted by Gasteiger charge is 2.20. The summed E-state index contributed by atoms with van der Waals surface area (Å²) in [5.41, 5.74) is 1.11. The highest BCUT2D eigenvalue weighted by Crippen LogP contribution is 2.31. The van der Waals surface area contributed by atoms with Crippen LogP contribution in [0.25, 0.3) is 0 Å². The molecular weight excluding hydrogens is 234 g/mol. The number of hydrogen-bond donors (Lipinski definition) is 1. The van der Waals surface area contributed by atoms with Gasteiger partial charge in [0, 0.05) is 23.2 Å². The van der Waals surface area contributed by atoms with Crippen LogP contribution < -0.4 is 0 Å². The largest absolute Gasteiger partial charge is 0.508 e. The first-order valence-corrected chi connectivity index (χ1v) is 6.27. The molecule has 0 heterocycles. The SMILES string of the molecule is CC(c1cc(Cl)ccc1O)N(C)CC(C)(C)C. The van der Waals surface area contributed by atoms with E-state index in [4.69, 9.17) is 11.6 Å². The smallest absolute Gasteiger partial charge is 0.120 e. The van der Waals surface area contributed by atoms with Crippen LogP contribution >= 0.6 is 11.6 Å². The molecule has 1 N–H and O–H groups in total. The zero-order chi connectivity index (χ0) is 13.2. The maximum Gasteiger partial charge on any atom is 0.120 e. The van der Waals surface area contributed by atoms with E-state index in [9.17, 15) is 5.11 Å². The van der Waals surface area contributed by atoms with Gasteiger partial charge in [-0.25, -0.2) is 0 Å². The summed E-state index contributed by atoms with van der Waals surface area (Å²) < 4.78 is 0. The number of phenols is 1. The molecule has 1 aromatic carbocycles. The van der Waals surface area contributed by atoms with Crippen LogP contribution in [-0.4, -0.2) is 23.6 Å². The Morgan fingerprint density at radius 2 is 1.94 bits per heavy atom. The zero-order valence-corrected chi connectivity index (χ0v) is 12.0. The van der Waals surface area contributed by atoms with E-state index in [-0.39, 0.29) is 11.5 Å². The second-order valence-electron chi connectivity index (χ2n) is 5.85. The molecule has 0 radical (unpaired) electrons. The first-order valence-electron chi connectivity index (χ1n) is 5.89. The van der Waals surface area contributed by atoms with E-state index in [1.807, 2.05) is 6.07 Å². The maximum absolute atomic E-state index is 9.87. The van der Waals surface area contributed by atoms with Crippen molar-refractivity contribution in [2.24, 2.45) is 5.41 Å². The Morgan fingerprint density at radius 3 is 2.47 bits per heavy atom. The summed E-state index contributed by atoms with van der Waals surface area (Å²) in [6.45, 7) is 9.65. The molecule has 1 aromatic rings. The van der Waals surface area contributed by atoms with Crippen LogP contribution in [0.1, 0.15) is 39.3 Å². The van der Waals surface area contributed by atoms with Crippen LogP contribution in [0.3, 0.4) is 0 Å². The Morgan fingerprint density at radius 1 is 1.35 bits per heavy atom. The highest BCUT2D eigenvalue weighted by molar-refractivity contribution is 6.30. The lowest BCUT2D eigenvalue weighted by atomic mass is 9.94. The van der Waals surface area contributed by atoms with Crippen molar-refractivity contribution in [3.8, 4) is 5.75 Å². The molecule has 1 atom stereocenters. The molecule has 0 amide bonds. The van der Waals surface area contributed by atoms with Crippen molar-refractivity contribution in [3.63, 3.8) is 0 Å². The quantitative estimate of drug-likeness (QED) is 0.880. The van der Waals surface area contributed by atoms with E-state index in [0.29, 0.717) is 10.8 Å². The van der Waals surface area contributed by atoms with Gasteiger partial charge < -0.3 is 5.11 Å². The Labute approximate surface area is 109 Å². The van der Waals surface area contributed by atoms with E-state index in [0.717, 1.165) is 12.1 Å². The second-order valence-corrected chi connectivity index (χ2v) is 6.29. The Bertz CT molecular complexity index is 384. The third-order valence-electron chi connectivity index (χ3n) is 2.82. The van der Waals surface area contributed by atoms with Gasteiger partial charge in [0.2, 0.25) is 0 Å². The lowest BCUT2D eigenvalue weighted by Crippen LogP contribution is -2.31. The monoisotopic (exact) mass is 255 g/mol. The molecule has 96 valence electrons. The van der Waals surface area contributed by atoms with E-state index in [2.05, 4.69) is 39.6 Å². The summed E-state index contributed by atoms with van der Waals surface area (Å²) in [4.78, 5) is 2.23. The zero-order valence-electron chi connectivity index (χ0n) is 11.3. The van der Waals surface area contributed by atoms with Gasteiger partial charge in [0.1, 0.15) is 5.75 Å². The van der Waals surface area contributed by atoms with Gasteiger partial charge in [-0.15, -0.1) is 0 Å². The average Bonchev–Trinajstić information content (AvgIpc) is 2.18. The first kappa shape index (κ1) is 14.3. The Kier molecular flexibility index (Phi) is 4.45. The van der Waals surface area contributed by atoms with Crippen molar-refractivity contribution < 1.29 is 5.11 Å². The molecular formula is C14H22ClNO. The van der Waals surface area contributed by atoms with E-state index >= 15 is 0 Å². The molecule has 0 saturated heterocycles. The van der Waals surface area contributed by atoms with E-state index in [1.54, 1.807) is 12.1 Å². The summed E-state index contributed by atoms with van der Waals surface area (Å²) in [5, 5.41) is 10.5. The van der Waals surface area contributed by atoms with Gasteiger partial charge in [-0.1, -0.05) is 32.4 Å². The standard InChI is InChI=1S/C14H22ClNO/c1-10(16(5)9-14(2,3)4)12-8-11(15)6-7-13(12)17/h6-8,10,17H,9H2,1-5H3. The molecule has 0 spiro atoms. The molecule has 1 rings (SSSR count). The maximum atomic E-state index is 9.87. The fraction of sp³-hybridized carbons (Fsp3) is 0.571. The van der Waals surface area contributed by atoms with Gasteiger partial charge in [0.25, 0.3) is 0 Å². The Hall–Kier alpha value is -0.730. The van der Waals surface area contributed by atoms with E-state index < -0.39 is 0 Å². The second kappa shape index (κ2) is 5.28. The summed E-state index contributed by atoms with van der Waals surface area (Å²) in [5.74, 6) is 0.308. The summed E-state index contributed by atoms with van der Waals surface area (Å²) >= 11 is 5.97. The molecule has 0 bridgehead atoms. The molecule has 0 aromatic heterocycles. The number of rotatable bonds is 3. The van der Waals surface area contributed by atoms with Crippen molar-refractivity contribution in [1.29, 1.82) is 0 Å². The molecule has 3 heteroatoms. The molecule has 1 unspecified atom stereocenters. The molecule has 0 saturated carbocycles. The van der Waals surface area contributed by atoms with Gasteiger partial charge in [0.05, 0.1) is 0 Å². The Balaban J connectivity index is 2.88. The van der Waals surface area contributed by atoms with Gasteiger partial charge in [0.15, 0.2) is 0 Å². The van der Waals surface area contributed by atoms with Crippen molar-refractivity contribution in [2.45, 2.75) is 33.7 Å². The van der Waals surface area contributed by atoms with Crippen molar-refractivity contribution in [1.82, 2.24) is 4.90 Å². The number of phenolic OH excluding ortho intramolecular Hbond substituents is 1. The minimum atomic E-state index is 0.146. The van der Waals surface area contributed by atoms with Crippen LogP contribution in [0.15, 0.2) is 18.2 Å². The molecule has 0 fully saturated rings. The van der Waals surface area contributed by atoms with Crippen LogP contribution in [0.2, 0.25) is 5.02 Å². The first-order chi connectivity index (χ1) is 7.70. The van der Waals surface area contributed by atoms with Gasteiger partial charge >= 0.3 is 0 Å². The lowest BCUT2D eigenvalue weighted by Gasteiger charge is -2.31. The third-order valence-corrected chi connectivity index (χ3v) is 3.06. The molecule has 2 nitrogen and oxygen atoms in total. The minimum absolute atomic E-state index is 0.146. The van der Waals surface area contributed by atoms with Crippen LogP contribution in [0, 0.1) is 5.41 Å². The summed E-state index contributed by atoms with van der Waals surface area (Å²) in [6.07, 6.45) is 0. The van der Waals surface area contributed by atoms with Gasteiger partial charge in [-0.3, -0.25) is 4.90 Å². The predicted molar refractivity (Wildman–Crippen MR) is 73.6 cm³/mol. The van der Waals surface area contributed by atoms with Gasteiger partial charge in [-0.05, 0) is 37.6 Å². The average molecular weight is 256 g/mol. The topological polar surface area (TPSA) is 23.5 Å². The third kappa shape index (κ3) is 4.21. The number of hydrogen-bond acceptors (Lipinski definition) is 2. The van der Waals surface area contributed by atoms with Crippen molar-refractivity contribution >= 4 is 11.6 Å². The molecule has 0 aliphatic heterocycles. The van der Waals surface area contributed by atoms with Gasteiger partial charge in [-0.2, -0.15) is 0 Å². The molecule has 0 aliphatic carbocycles. The van der Waals surface area contributed by atoms with Crippen LogP contribution in [-0.2, 0) is 0 Å². The minimum Gasteiger partial charge on any atom is -0.508 e. The van der Waals surface area contributed by atoms with Crippen LogP contribution in [0.4, 0.5) is 0 Å². The van der Waals surface area contributed by atoms with Crippen molar-refractivity contribution in [3.05, 3.63) is 28.8 Å². The highest BCUT2D eigenvalue weighted by atomic mass is 35.5. The lowest BCUT2D eigenvalue weighted by molar-refractivity contribution is 0.180. The number of nitrogens with zero attached hydrogens (tertiary/aromatic N) is 1. The van der Waals surface area contributed by atoms with Crippen molar-refractivity contribution in [2.75, 3.05) is 13.6 Å². The molecule has 0 aliphatic rings.